The average Bonchev–Trinajstić information content (AvgIpc) is 2.48. The molecule has 20 heavy (non-hydrogen) atoms. The molecular formula is C16H16BrClO2. The maximum Gasteiger partial charge on any atom is 0.124 e. The minimum absolute atomic E-state index is 0.0647. The maximum absolute atomic E-state index is 5.98. The number of para-hydroxylation sites is 1. The molecule has 0 N–H and O–H groups in total. The largest absolute Gasteiger partial charge is 0.496 e. The number of hydrogen-bond acceptors (Lipinski definition) is 2. The minimum Gasteiger partial charge on any atom is -0.496 e. The van der Waals surface area contributed by atoms with Gasteiger partial charge in [-0.25, -0.2) is 0 Å². The van der Waals surface area contributed by atoms with Gasteiger partial charge in [-0.05, 0) is 23.8 Å². The van der Waals surface area contributed by atoms with Crippen LogP contribution in [-0.2, 0) is 11.3 Å². The molecule has 106 valence electrons. The highest BCUT2D eigenvalue weighted by Gasteiger charge is 2.15. The highest BCUT2D eigenvalue weighted by Crippen LogP contribution is 2.29. The summed E-state index contributed by atoms with van der Waals surface area (Å²) in [4.78, 5) is 0. The zero-order valence-electron chi connectivity index (χ0n) is 11.2. The van der Waals surface area contributed by atoms with Crippen molar-refractivity contribution in [2.45, 2.75) is 12.7 Å². The lowest BCUT2D eigenvalue weighted by Crippen LogP contribution is -2.07. The molecule has 0 radical (unpaired) electrons. The van der Waals surface area contributed by atoms with Crippen molar-refractivity contribution in [2.75, 3.05) is 12.4 Å². The number of alkyl halides is 1. The van der Waals surface area contributed by atoms with Crippen LogP contribution in [0.3, 0.4) is 0 Å². The molecule has 0 aliphatic carbocycles. The van der Waals surface area contributed by atoms with Crippen LogP contribution in [0.15, 0.2) is 48.5 Å². The molecule has 2 aromatic carbocycles. The summed E-state index contributed by atoms with van der Waals surface area (Å²) in [5.74, 6) is 0.836. The number of rotatable bonds is 6. The van der Waals surface area contributed by atoms with Gasteiger partial charge in [-0.15, -0.1) is 0 Å². The van der Waals surface area contributed by atoms with E-state index in [9.17, 15) is 0 Å². The Hall–Kier alpha value is -1.03. The van der Waals surface area contributed by atoms with E-state index in [0.717, 1.165) is 21.9 Å². The molecule has 0 heterocycles. The van der Waals surface area contributed by atoms with Gasteiger partial charge in [-0.2, -0.15) is 0 Å². The van der Waals surface area contributed by atoms with Gasteiger partial charge in [-0.3, -0.25) is 0 Å². The lowest BCUT2D eigenvalue weighted by Gasteiger charge is -2.18. The second-order valence-corrected chi connectivity index (χ2v) is 5.41. The van der Waals surface area contributed by atoms with Crippen molar-refractivity contribution in [1.82, 2.24) is 0 Å². The second kappa shape index (κ2) is 7.67. The number of benzene rings is 2. The summed E-state index contributed by atoms with van der Waals surface area (Å²) in [5, 5.41) is 1.42. The fourth-order valence-corrected chi connectivity index (χ4v) is 2.72. The van der Waals surface area contributed by atoms with Crippen LogP contribution >= 0.6 is 27.5 Å². The Morgan fingerprint density at radius 1 is 1.15 bits per heavy atom. The van der Waals surface area contributed by atoms with Crippen LogP contribution in [-0.4, -0.2) is 12.4 Å². The first-order valence-electron chi connectivity index (χ1n) is 6.29. The molecule has 1 atom stereocenters. The first-order chi connectivity index (χ1) is 9.74. The molecule has 0 aliphatic rings. The summed E-state index contributed by atoms with van der Waals surface area (Å²) < 4.78 is 11.4. The third kappa shape index (κ3) is 3.98. The van der Waals surface area contributed by atoms with Crippen LogP contribution in [0.5, 0.6) is 5.75 Å². The molecular weight excluding hydrogens is 340 g/mol. The van der Waals surface area contributed by atoms with Gasteiger partial charge in [0.1, 0.15) is 5.75 Å². The highest BCUT2D eigenvalue weighted by atomic mass is 79.9. The highest BCUT2D eigenvalue weighted by molar-refractivity contribution is 9.09. The molecule has 0 bridgehead atoms. The first-order valence-corrected chi connectivity index (χ1v) is 7.79. The number of halogens is 2. The summed E-state index contributed by atoms with van der Waals surface area (Å²) in [6.45, 7) is 0.509. The number of hydrogen-bond donors (Lipinski definition) is 0. The Bertz CT molecular complexity index is 560. The van der Waals surface area contributed by atoms with Crippen molar-refractivity contribution >= 4 is 27.5 Å². The Kier molecular flexibility index (Phi) is 5.89. The van der Waals surface area contributed by atoms with E-state index in [1.165, 1.54) is 0 Å². The van der Waals surface area contributed by atoms with E-state index in [2.05, 4.69) is 15.9 Å². The van der Waals surface area contributed by atoms with Crippen LogP contribution in [0, 0.1) is 0 Å². The smallest absolute Gasteiger partial charge is 0.124 e. The van der Waals surface area contributed by atoms with Crippen molar-refractivity contribution in [2.24, 2.45) is 0 Å². The molecule has 2 rings (SSSR count). The predicted octanol–water partition coefficient (Wildman–Crippen LogP) is 5.00. The van der Waals surface area contributed by atoms with E-state index in [0.29, 0.717) is 11.9 Å². The molecule has 2 aromatic rings. The molecule has 1 unspecified atom stereocenters. The Labute approximate surface area is 132 Å². The van der Waals surface area contributed by atoms with Gasteiger partial charge in [0.15, 0.2) is 0 Å². The molecule has 0 spiro atoms. The third-order valence-electron chi connectivity index (χ3n) is 2.97. The molecule has 0 saturated heterocycles. The molecule has 2 nitrogen and oxygen atoms in total. The van der Waals surface area contributed by atoms with E-state index in [4.69, 9.17) is 21.1 Å². The predicted molar refractivity (Wildman–Crippen MR) is 85.8 cm³/mol. The summed E-state index contributed by atoms with van der Waals surface area (Å²) >= 11 is 9.47. The van der Waals surface area contributed by atoms with Gasteiger partial charge >= 0.3 is 0 Å². The summed E-state index contributed by atoms with van der Waals surface area (Å²) in [7, 11) is 1.67. The van der Waals surface area contributed by atoms with Crippen molar-refractivity contribution < 1.29 is 9.47 Å². The van der Waals surface area contributed by atoms with Crippen molar-refractivity contribution in [3.05, 3.63) is 64.7 Å². The molecule has 0 saturated carbocycles. The second-order valence-electron chi connectivity index (χ2n) is 4.33. The molecule has 0 aliphatic heterocycles. The van der Waals surface area contributed by atoms with Crippen LogP contribution in [0.2, 0.25) is 5.02 Å². The first kappa shape index (κ1) is 15.4. The van der Waals surface area contributed by atoms with Crippen LogP contribution in [0.4, 0.5) is 0 Å². The van der Waals surface area contributed by atoms with Gasteiger partial charge < -0.3 is 9.47 Å². The normalized spacial score (nSPS) is 12.2. The third-order valence-corrected chi connectivity index (χ3v) is 3.79. The van der Waals surface area contributed by atoms with Crippen molar-refractivity contribution in [3.8, 4) is 5.75 Å². The van der Waals surface area contributed by atoms with Crippen LogP contribution < -0.4 is 4.74 Å². The van der Waals surface area contributed by atoms with Gasteiger partial charge in [0.2, 0.25) is 0 Å². The van der Waals surface area contributed by atoms with E-state index in [1.54, 1.807) is 7.11 Å². The van der Waals surface area contributed by atoms with Crippen molar-refractivity contribution in [1.29, 1.82) is 0 Å². The summed E-state index contributed by atoms with van der Waals surface area (Å²) in [6, 6.07) is 15.6. The van der Waals surface area contributed by atoms with Gasteiger partial charge in [0.25, 0.3) is 0 Å². The van der Waals surface area contributed by atoms with Gasteiger partial charge in [0, 0.05) is 15.9 Å². The SMILES string of the molecule is COc1ccccc1C(CBr)OCc1cccc(Cl)c1. The molecule has 4 heteroatoms. The molecule has 0 amide bonds. The summed E-state index contributed by atoms with van der Waals surface area (Å²) in [5.41, 5.74) is 2.09. The quantitative estimate of drug-likeness (QED) is 0.679. The molecule has 0 aromatic heterocycles. The lowest BCUT2D eigenvalue weighted by molar-refractivity contribution is 0.0550. The molecule has 0 fully saturated rings. The zero-order chi connectivity index (χ0) is 14.4. The van der Waals surface area contributed by atoms with Crippen LogP contribution in [0.1, 0.15) is 17.2 Å². The number of methoxy groups -OCH3 is 1. The minimum atomic E-state index is -0.0647. The van der Waals surface area contributed by atoms with Crippen LogP contribution in [0.25, 0.3) is 0 Å². The fourth-order valence-electron chi connectivity index (χ4n) is 1.97. The standard InChI is InChI=1S/C16H16BrClO2/c1-19-15-8-3-2-7-14(15)16(10-17)20-11-12-5-4-6-13(18)9-12/h2-9,16H,10-11H2,1H3. The fraction of sp³-hybridized carbons (Fsp3) is 0.250. The summed E-state index contributed by atoms with van der Waals surface area (Å²) in [6.07, 6.45) is -0.0647. The van der Waals surface area contributed by atoms with E-state index in [-0.39, 0.29) is 6.10 Å². The Morgan fingerprint density at radius 3 is 2.65 bits per heavy atom. The van der Waals surface area contributed by atoms with Crippen molar-refractivity contribution in [3.63, 3.8) is 0 Å². The van der Waals surface area contributed by atoms with E-state index >= 15 is 0 Å². The van der Waals surface area contributed by atoms with Gasteiger partial charge in [-0.1, -0.05) is 57.9 Å². The zero-order valence-corrected chi connectivity index (χ0v) is 13.5. The van der Waals surface area contributed by atoms with E-state index < -0.39 is 0 Å². The Balaban J connectivity index is 2.09. The Morgan fingerprint density at radius 2 is 1.95 bits per heavy atom. The maximum atomic E-state index is 5.98. The monoisotopic (exact) mass is 354 g/mol. The lowest BCUT2D eigenvalue weighted by atomic mass is 10.1. The topological polar surface area (TPSA) is 18.5 Å². The van der Waals surface area contributed by atoms with E-state index in [1.807, 2.05) is 48.5 Å². The van der Waals surface area contributed by atoms with Gasteiger partial charge in [0.05, 0.1) is 19.8 Å². The average molecular weight is 356 g/mol. The number of ether oxygens (including phenoxy) is 2.